The van der Waals surface area contributed by atoms with Gasteiger partial charge in [0.05, 0.1) is 30.0 Å². The van der Waals surface area contributed by atoms with E-state index in [1.165, 1.54) is 12.8 Å². The summed E-state index contributed by atoms with van der Waals surface area (Å²) < 4.78 is 5.46. The van der Waals surface area contributed by atoms with Crippen LogP contribution >= 0.6 is 0 Å². The lowest BCUT2D eigenvalue weighted by Crippen LogP contribution is -2.40. The highest BCUT2D eigenvalue weighted by Gasteiger charge is 2.45. The number of benzene rings is 1. The normalized spacial score (nSPS) is 24.6. The molecule has 0 bridgehead atoms. The Kier molecular flexibility index (Phi) is 6.36. The molecule has 3 fully saturated rings. The third-order valence-corrected chi connectivity index (χ3v) is 8.22. The molecule has 2 N–H and O–H groups in total. The Bertz CT molecular complexity index is 1230. The van der Waals surface area contributed by atoms with Crippen molar-refractivity contribution in [1.82, 2.24) is 20.2 Å². The number of amides is 1. The Labute approximate surface area is 211 Å². The SMILES string of the molecule is CCOc1ccc(-c2cc(C(=O)NC3C[C@@H]4CN([C@@H](CO)C5CC5)C[C@@H]4C3)c3ccccc3n2)cn1. The summed E-state index contributed by atoms with van der Waals surface area (Å²) in [5.41, 5.74) is 3.02. The van der Waals surface area contributed by atoms with Gasteiger partial charge in [0.2, 0.25) is 5.88 Å². The summed E-state index contributed by atoms with van der Waals surface area (Å²) in [5.74, 6) is 2.42. The van der Waals surface area contributed by atoms with Crippen LogP contribution in [0.1, 0.15) is 43.0 Å². The molecule has 0 spiro atoms. The van der Waals surface area contributed by atoms with Gasteiger partial charge in [-0.1, -0.05) is 18.2 Å². The average molecular weight is 487 g/mol. The van der Waals surface area contributed by atoms with Crippen LogP contribution in [0.2, 0.25) is 0 Å². The maximum Gasteiger partial charge on any atom is 0.252 e. The summed E-state index contributed by atoms with van der Waals surface area (Å²) in [5, 5.41) is 14.1. The van der Waals surface area contributed by atoms with Crippen LogP contribution in [-0.2, 0) is 0 Å². The molecule has 7 nitrogen and oxygen atoms in total. The highest BCUT2D eigenvalue weighted by atomic mass is 16.5. The number of hydrogen-bond acceptors (Lipinski definition) is 6. The van der Waals surface area contributed by atoms with E-state index in [1.54, 1.807) is 6.20 Å². The zero-order chi connectivity index (χ0) is 24.6. The van der Waals surface area contributed by atoms with E-state index in [2.05, 4.69) is 15.2 Å². The number of rotatable bonds is 8. The van der Waals surface area contributed by atoms with E-state index in [0.29, 0.717) is 41.8 Å². The van der Waals surface area contributed by atoms with Gasteiger partial charge in [-0.25, -0.2) is 9.97 Å². The molecule has 36 heavy (non-hydrogen) atoms. The fourth-order valence-electron chi connectivity index (χ4n) is 6.31. The molecule has 1 unspecified atom stereocenters. The first-order valence-electron chi connectivity index (χ1n) is 13.3. The molecule has 3 heterocycles. The largest absolute Gasteiger partial charge is 0.478 e. The number of fused-ring (bicyclic) bond motifs is 2. The van der Waals surface area contributed by atoms with Gasteiger partial charge in [-0.2, -0.15) is 0 Å². The number of hydrogen-bond donors (Lipinski definition) is 2. The number of aliphatic hydroxyl groups is 1. The Morgan fingerprint density at radius 3 is 2.61 bits per heavy atom. The van der Waals surface area contributed by atoms with E-state index in [4.69, 9.17) is 9.72 Å². The predicted octanol–water partition coefficient (Wildman–Crippen LogP) is 3.91. The van der Waals surface area contributed by atoms with Crippen molar-refractivity contribution >= 4 is 16.8 Å². The van der Waals surface area contributed by atoms with Crippen LogP contribution in [0.15, 0.2) is 48.7 Å². The van der Waals surface area contributed by atoms with Crippen LogP contribution in [0.25, 0.3) is 22.2 Å². The van der Waals surface area contributed by atoms with Crippen molar-refractivity contribution < 1.29 is 14.6 Å². The van der Waals surface area contributed by atoms with Crippen molar-refractivity contribution in [2.75, 3.05) is 26.3 Å². The number of carbonyl (C=O) groups excluding carboxylic acids is 1. The molecule has 0 radical (unpaired) electrons. The molecule has 2 aliphatic carbocycles. The molecule has 4 atom stereocenters. The fraction of sp³-hybridized carbons (Fsp3) is 0.483. The Balaban J connectivity index is 1.18. The minimum absolute atomic E-state index is 0.0400. The van der Waals surface area contributed by atoms with Crippen LogP contribution in [0, 0.1) is 17.8 Å². The molecule has 6 rings (SSSR count). The van der Waals surface area contributed by atoms with Crippen molar-refractivity contribution in [2.45, 2.75) is 44.7 Å². The molecule has 3 aliphatic rings. The maximum atomic E-state index is 13.6. The third kappa shape index (κ3) is 4.58. The summed E-state index contributed by atoms with van der Waals surface area (Å²) in [6.07, 6.45) is 6.27. The van der Waals surface area contributed by atoms with Crippen molar-refractivity contribution in [3.8, 4) is 17.1 Å². The predicted molar refractivity (Wildman–Crippen MR) is 139 cm³/mol. The molecule has 7 heteroatoms. The molecule has 1 aromatic carbocycles. The van der Waals surface area contributed by atoms with Gasteiger partial charge in [0.1, 0.15) is 0 Å². The molecule has 3 aromatic rings. The van der Waals surface area contributed by atoms with E-state index in [-0.39, 0.29) is 18.6 Å². The molecule has 1 aliphatic heterocycles. The first-order valence-corrected chi connectivity index (χ1v) is 13.3. The first kappa shape index (κ1) is 23.4. The topological polar surface area (TPSA) is 87.6 Å². The van der Waals surface area contributed by atoms with Gasteiger partial charge in [0.15, 0.2) is 0 Å². The summed E-state index contributed by atoms with van der Waals surface area (Å²) in [7, 11) is 0. The first-order chi connectivity index (χ1) is 17.6. The lowest BCUT2D eigenvalue weighted by Gasteiger charge is -2.27. The van der Waals surface area contributed by atoms with E-state index < -0.39 is 0 Å². The van der Waals surface area contributed by atoms with Gasteiger partial charge in [-0.3, -0.25) is 9.69 Å². The van der Waals surface area contributed by atoms with Gasteiger partial charge in [0.25, 0.3) is 5.91 Å². The van der Waals surface area contributed by atoms with Gasteiger partial charge in [-0.15, -0.1) is 0 Å². The monoisotopic (exact) mass is 486 g/mol. The van der Waals surface area contributed by atoms with Gasteiger partial charge < -0.3 is 15.2 Å². The van der Waals surface area contributed by atoms with Crippen molar-refractivity contribution in [2.24, 2.45) is 17.8 Å². The van der Waals surface area contributed by atoms with Crippen molar-refractivity contribution in [3.63, 3.8) is 0 Å². The van der Waals surface area contributed by atoms with Crippen LogP contribution in [0.5, 0.6) is 5.88 Å². The van der Waals surface area contributed by atoms with Crippen molar-refractivity contribution in [1.29, 1.82) is 0 Å². The number of ether oxygens (including phenoxy) is 1. The summed E-state index contributed by atoms with van der Waals surface area (Å²) in [6.45, 7) is 4.86. The molecule has 2 saturated carbocycles. The molecule has 188 valence electrons. The minimum Gasteiger partial charge on any atom is -0.478 e. The van der Waals surface area contributed by atoms with E-state index in [1.807, 2.05) is 49.4 Å². The van der Waals surface area contributed by atoms with Gasteiger partial charge in [-0.05, 0) is 68.6 Å². The fourth-order valence-corrected chi connectivity index (χ4v) is 6.31. The zero-order valence-electron chi connectivity index (χ0n) is 20.8. The second-order valence-corrected chi connectivity index (χ2v) is 10.6. The quantitative estimate of drug-likeness (QED) is 0.502. The highest BCUT2D eigenvalue weighted by Crippen LogP contribution is 2.43. The van der Waals surface area contributed by atoms with E-state index in [0.717, 1.165) is 48.1 Å². The zero-order valence-corrected chi connectivity index (χ0v) is 20.8. The maximum absolute atomic E-state index is 13.6. The number of nitrogens with one attached hydrogen (secondary N) is 1. The Hall–Kier alpha value is -3.03. The van der Waals surface area contributed by atoms with Crippen LogP contribution in [0.3, 0.4) is 0 Å². The average Bonchev–Trinajstić information content (AvgIpc) is 3.55. The second-order valence-electron chi connectivity index (χ2n) is 10.6. The van der Waals surface area contributed by atoms with Gasteiger partial charge >= 0.3 is 0 Å². The molecule has 1 saturated heterocycles. The summed E-state index contributed by atoms with van der Waals surface area (Å²) in [6, 6.07) is 14.0. The standard InChI is InChI=1S/C29H34N4O3/c1-2-36-28-10-9-19(14-30-28)26-13-24(23-5-3-4-6-25(23)32-26)29(35)31-22-11-20-15-33(16-21(20)12-22)27(17-34)18-7-8-18/h3-6,9-10,13-14,18,20-22,27,34H,2,7-8,11-12,15-17H2,1H3,(H,31,35)/t20-,21+,22?,27-/m0/s1. The number of nitrogens with zero attached hydrogens (tertiary/aromatic N) is 3. The van der Waals surface area contributed by atoms with Crippen LogP contribution < -0.4 is 10.1 Å². The third-order valence-electron chi connectivity index (χ3n) is 8.22. The smallest absolute Gasteiger partial charge is 0.252 e. The van der Waals surface area contributed by atoms with Crippen LogP contribution in [0.4, 0.5) is 0 Å². The van der Waals surface area contributed by atoms with E-state index >= 15 is 0 Å². The van der Waals surface area contributed by atoms with Gasteiger partial charge in [0, 0.05) is 48.4 Å². The lowest BCUT2D eigenvalue weighted by atomic mass is 10.0. The Morgan fingerprint density at radius 1 is 1.17 bits per heavy atom. The molecular formula is C29H34N4O3. The molecule has 1 amide bonds. The summed E-state index contributed by atoms with van der Waals surface area (Å²) >= 11 is 0. The van der Waals surface area contributed by atoms with Crippen molar-refractivity contribution in [3.05, 3.63) is 54.2 Å². The minimum atomic E-state index is -0.0400. The molecular weight excluding hydrogens is 452 g/mol. The highest BCUT2D eigenvalue weighted by molar-refractivity contribution is 6.07. The van der Waals surface area contributed by atoms with Crippen LogP contribution in [-0.4, -0.2) is 64.3 Å². The number of pyridine rings is 2. The number of para-hydroxylation sites is 1. The van der Waals surface area contributed by atoms with E-state index in [9.17, 15) is 9.90 Å². The number of carbonyl (C=O) groups is 1. The number of likely N-dealkylation sites (tertiary alicyclic amines) is 1. The number of aliphatic hydroxyl groups excluding tert-OH is 1. The summed E-state index contributed by atoms with van der Waals surface area (Å²) in [4.78, 5) is 25.2. The lowest BCUT2D eigenvalue weighted by molar-refractivity contribution is 0.0932. The molecule has 2 aromatic heterocycles. The number of aromatic nitrogens is 2. The Morgan fingerprint density at radius 2 is 1.94 bits per heavy atom. The second kappa shape index (κ2) is 9.79.